The number of imide groups is 1. The summed E-state index contributed by atoms with van der Waals surface area (Å²) < 4.78 is 39.0. The van der Waals surface area contributed by atoms with Crippen LogP contribution in [0.5, 0.6) is 0 Å². The average Bonchev–Trinajstić information content (AvgIpc) is 3.13. The van der Waals surface area contributed by atoms with E-state index in [9.17, 15) is 22.8 Å². The number of halogens is 4. The van der Waals surface area contributed by atoms with Gasteiger partial charge in [0.1, 0.15) is 0 Å². The molecule has 1 aromatic rings. The maximum absolute atomic E-state index is 13.0. The van der Waals surface area contributed by atoms with E-state index in [1.165, 1.54) is 6.07 Å². The van der Waals surface area contributed by atoms with E-state index in [2.05, 4.69) is 0 Å². The standard InChI is InChI=1S/C16H13ClF3NO2/c17-11-4-3-9(6-10(11)16(18,19)20)21-14(22)12-7-1-2-8(5-7)13(12)15(21)23/h3-4,6-8,12-13H,1-2,5H2/t7-,8-,12-,13-/m0/s1. The van der Waals surface area contributed by atoms with Crippen molar-refractivity contribution in [1.29, 1.82) is 0 Å². The van der Waals surface area contributed by atoms with Crippen LogP contribution in [0.4, 0.5) is 18.9 Å². The van der Waals surface area contributed by atoms with Crippen molar-refractivity contribution in [2.75, 3.05) is 4.90 Å². The highest BCUT2D eigenvalue weighted by Gasteiger charge is 2.61. The molecule has 0 aromatic heterocycles. The van der Waals surface area contributed by atoms with E-state index in [0.29, 0.717) is 0 Å². The first-order chi connectivity index (χ1) is 10.8. The van der Waals surface area contributed by atoms with E-state index in [4.69, 9.17) is 11.6 Å². The lowest BCUT2D eigenvalue weighted by Crippen LogP contribution is -2.33. The van der Waals surface area contributed by atoms with Crippen LogP contribution in [-0.4, -0.2) is 11.8 Å². The Bertz CT molecular complexity index is 690. The molecular formula is C16H13ClF3NO2. The van der Waals surface area contributed by atoms with Gasteiger partial charge in [-0.25, -0.2) is 0 Å². The van der Waals surface area contributed by atoms with E-state index < -0.39 is 16.8 Å². The predicted molar refractivity (Wildman–Crippen MR) is 76.8 cm³/mol. The molecule has 0 unspecified atom stereocenters. The van der Waals surface area contributed by atoms with Gasteiger partial charge in [0.05, 0.1) is 28.1 Å². The number of nitrogens with zero attached hydrogens (tertiary/aromatic N) is 1. The molecule has 3 aliphatic rings. The molecule has 1 aliphatic heterocycles. The number of hydrogen-bond donors (Lipinski definition) is 0. The van der Waals surface area contributed by atoms with Gasteiger partial charge >= 0.3 is 6.18 Å². The minimum absolute atomic E-state index is 0.0366. The summed E-state index contributed by atoms with van der Waals surface area (Å²) in [5.41, 5.74) is -1.07. The van der Waals surface area contributed by atoms with Crippen LogP contribution in [0.3, 0.4) is 0 Å². The van der Waals surface area contributed by atoms with Gasteiger partial charge in [-0.05, 0) is 49.3 Å². The summed E-state index contributed by atoms with van der Waals surface area (Å²) in [6.45, 7) is 0. The Hall–Kier alpha value is -1.56. The molecular weight excluding hydrogens is 331 g/mol. The van der Waals surface area contributed by atoms with E-state index in [1.807, 2.05) is 0 Å². The number of carbonyl (C=O) groups is 2. The fraction of sp³-hybridized carbons (Fsp3) is 0.500. The maximum Gasteiger partial charge on any atom is 0.417 e. The van der Waals surface area contributed by atoms with Crippen molar-refractivity contribution in [2.24, 2.45) is 23.7 Å². The number of carbonyl (C=O) groups excluding carboxylic acids is 2. The molecule has 2 aliphatic carbocycles. The largest absolute Gasteiger partial charge is 0.417 e. The van der Waals surface area contributed by atoms with Crippen molar-refractivity contribution in [1.82, 2.24) is 0 Å². The summed E-state index contributed by atoms with van der Waals surface area (Å²) in [5, 5.41) is -0.444. The molecule has 1 saturated heterocycles. The summed E-state index contributed by atoms with van der Waals surface area (Å²) >= 11 is 5.60. The van der Waals surface area contributed by atoms with Crippen LogP contribution in [0.15, 0.2) is 18.2 Å². The Morgan fingerprint density at radius 3 is 2.13 bits per heavy atom. The molecule has 2 amide bonds. The summed E-state index contributed by atoms with van der Waals surface area (Å²) in [7, 11) is 0. The highest BCUT2D eigenvalue weighted by atomic mass is 35.5. The Labute approximate surface area is 135 Å². The fourth-order valence-electron chi connectivity index (χ4n) is 4.53. The van der Waals surface area contributed by atoms with Gasteiger partial charge in [0.25, 0.3) is 0 Å². The van der Waals surface area contributed by atoms with Crippen LogP contribution in [0.1, 0.15) is 24.8 Å². The molecule has 0 spiro atoms. The molecule has 2 saturated carbocycles. The first kappa shape index (κ1) is 15.0. The predicted octanol–water partition coefficient (Wildman–Crippen LogP) is 3.89. The minimum atomic E-state index is -4.63. The average molecular weight is 344 g/mol. The fourth-order valence-corrected chi connectivity index (χ4v) is 4.76. The first-order valence-corrected chi connectivity index (χ1v) is 7.91. The number of rotatable bonds is 1. The maximum atomic E-state index is 13.0. The second-order valence-electron chi connectivity index (χ2n) is 6.56. The van der Waals surface area contributed by atoms with E-state index >= 15 is 0 Å². The van der Waals surface area contributed by atoms with Crippen molar-refractivity contribution in [3.63, 3.8) is 0 Å². The lowest BCUT2D eigenvalue weighted by molar-refractivity contribution is -0.137. The van der Waals surface area contributed by atoms with Gasteiger partial charge in [0.15, 0.2) is 0 Å². The van der Waals surface area contributed by atoms with Crippen LogP contribution in [0.25, 0.3) is 0 Å². The van der Waals surface area contributed by atoms with E-state index in [-0.39, 0.29) is 41.2 Å². The third kappa shape index (κ3) is 2.04. The lowest BCUT2D eigenvalue weighted by atomic mass is 9.81. The number of benzene rings is 1. The Morgan fingerprint density at radius 1 is 1.04 bits per heavy atom. The molecule has 1 aromatic carbocycles. The first-order valence-electron chi connectivity index (χ1n) is 7.53. The molecule has 122 valence electrons. The summed E-state index contributed by atoms with van der Waals surface area (Å²) in [5.74, 6) is -1.04. The number of fused-ring (bicyclic) bond motifs is 5. The highest BCUT2D eigenvalue weighted by Crippen LogP contribution is 2.56. The molecule has 0 N–H and O–H groups in total. The third-order valence-electron chi connectivity index (χ3n) is 5.44. The molecule has 1 heterocycles. The summed E-state index contributed by atoms with van der Waals surface area (Å²) in [6, 6.07) is 3.18. The van der Waals surface area contributed by atoms with E-state index in [1.54, 1.807) is 0 Å². The summed E-state index contributed by atoms with van der Waals surface area (Å²) in [6.07, 6.45) is -1.90. The number of anilines is 1. The van der Waals surface area contributed by atoms with Gasteiger partial charge < -0.3 is 0 Å². The second kappa shape index (κ2) is 4.72. The van der Waals surface area contributed by atoms with Crippen molar-refractivity contribution in [3.05, 3.63) is 28.8 Å². The Balaban J connectivity index is 1.74. The zero-order valence-electron chi connectivity index (χ0n) is 11.9. The highest BCUT2D eigenvalue weighted by molar-refractivity contribution is 6.31. The van der Waals surface area contributed by atoms with Crippen LogP contribution in [0, 0.1) is 23.7 Å². The number of alkyl halides is 3. The quantitative estimate of drug-likeness (QED) is 0.725. The van der Waals surface area contributed by atoms with Crippen LogP contribution >= 0.6 is 11.6 Å². The Kier molecular flexibility index (Phi) is 3.08. The zero-order valence-corrected chi connectivity index (χ0v) is 12.7. The smallest absolute Gasteiger partial charge is 0.274 e. The Morgan fingerprint density at radius 2 is 1.61 bits per heavy atom. The van der Waals surface area contributed by atoms with Crippen molar-refractivity contribution >= 4 is 29.1 Å². The molecule has 0 radical (unpaired) electrons. The van der Waals surface area contributed by atoms with Gasteiger partial charge in [-0.15, -0.1) is 0 Å². The van der Waals surface area contributed by atoms with Crippen molar-refractivity contribution < 1.29 is 22.8 Å². The zero-order chi connectivity index (χ0) is 16.5. The minimum Gasteiger partial charge on any atom is -0.274 e. The van der Waals surface area contributed by atoms with Crippen LogP contribution < -0.4 is 4.90 Å². The number of amides is 2. The number of hydrogen-bond acceptors (Lipinski definition) is 2. The molecule has 3 nitrogen and oxygen atoms in total. The SMILES string of the molecule is O=C1[C@H]2[C@H]3CC[C@@H](C3)[C@@H]2C(=O)N1c1ccc(Cl)c(C(F)(F)F)c1. The van der Waals surface area contributed by atoms with Gasteiger partial charge in [0, 0.05) is 0 Å². The molecule has 4 rings (SSSR count). The monoisotopic (exact) mass is 343 g/mol. The lowest BCUT2D eigenvalue weighted by Gasteiger charge is -2.19. The topological polar surface area (TPSA) is 37.4 Å². The molecule has 3 fully saturated rings. The van der Waals surface area contributed by atoms with Gasteiger partial charge in [-0.1, -0.05) is 11.6 Å². The van der Waals surface area contributed by atoms with Crippen molar-refractivity contribution in [2.45, 2.75) is 25.4 Å². The normalized spacial score (nSPS) is 32.8. The van der Waals surface area contributed by atoms with E-state index in [0.717, 1.165) is 36.3 Å². The molecule has 7 heteroatoms. The molecule has 4 atom stereocenters. The summed E-state index contributed by atoms with van der Waals surface area (Å²) in [4.78, 5) is 26.2. The third-order valence-corrected chi connectivity index (χ3v) is 5.77. The molecule has 2 bridgehead atoms. The molecule has 23 heavy (non-hydrogen) atoms. The van der Waals surface area contributed by atoms with Crippen molar-refractivity contribution in [3.8, 4) is 0 Å². The van der Waals surface area contributed by atoms with Crippen LogP contribution in [0.2, 0.25) is 5.02 Å². The van der Waals surface area contributed by atoms with Crippen LogP contribution in [-0.2, 0) is 15.8 Å². The second-order valence-corrected chi connectivity index (χ2v) is 6.97. The van der Waals surface area contributed by atoms with Gasteiger partial charge in [-0.3, -0.25) is 14.5 Å². The van der Waals surface area contributed by atoms with Gasteiger partial charge in [0.2, 0.25) is 11.8 Å². The van der Waals surface area contributed by atoms with Gasteiger partial charge in [-0.2, -0.15) is 13.2 Å².